The molecule has 1 aliphatic carbocycles. The first-order chi connectivity index (χ1) is 12.0. The van der Waals surface area contributed by atoms with E-state index < -0.39 is 0 Å². The Morgan fingerprint density at radius 2 is 2.12 bits per heavy atom. The molecular formula is C19H18N2O2S2. The van der Waals surface area contributed by atoms with Crippen LogP contribution in [0.4, 0.5) is 0 Å². The molecule has 0 unspecified atom stereocenters. The number of carbonyl (C=O) groups excluding carboxylic acids is 1. The van der Waals surface area contributed by atoms with Gasteiger partial charge in [0, 0.05) is 16.8 Å². The molecule has 1 saturated carbocycles. The monoisotopic (exact) mass is 370 g/mol. The number of carbonyl (C=O) groups is 1. The van der Waals surface area contributed by atoms with Crippen molar-refractivity contribution in [1.82, 2.24) is 4.57 Å². The van der Waals surface area contributed by atoms with Crippen LogP contribution >= 0.6 is 23.6 Å². The summed E-state index contributed by atoms with van der Waals surface area (Å²) < 4.78 is 2.51. The summed E-state index contributed by atoms with van der Waals surface area (Å²) in [4.78, 5) is 17.1. The van der Waals surface area contributed by atoms with Crippen LogP contribution < -0.4 is 10.6 Å². The molecule has 0 saturated heterocycles. The maximum atomic E-state index is 12.3. The van der Waals surface area contributed by atoms with Crippen LogP contribution in [0.2, 0.25) is 0 Å². The average molecular weight is 370 g/mol. The van der Waals surface area contributed by atoms with Gasteiger partial charge in [-0.2, -0.15) is 0 Å². The van der Waals surface area contributed by atoms with Gasteiger partial charge in [0.15, 0.2) is 3.95 Å². The molecule has 1 aliphatic heterocycles. The molecule has 0 bridgehead atoms. The molecule has 1 aromatic heterocycles. The van der Waals surface area contributed by atoms with E-state index in [1.807, 2.05) is 35.8 Å². The van der Waals surface area contributed by atoms with E-state index in [9.17, 15) is 9.90 Å². The third-order valence-electron chi connectivity index (χ3n) is 4.78. The maximum Gasteiger partial charge on any atom is 0.277 e. The number of hydrogen-bond acceptors (Lipinski definition) is 4. The zero-order valence-electron chi connectivity index (χ0n) is 13.9. The predicted octanol–water partition coefficient (Wildman–Crippen LogP) is 3.43. The largest absolute Gasteiger partial charge is 0.493 e. The van der Waals surface area contributed by atoms with Gasteiger partial charge in [-0.1, -0.05) is 24.5 Å². The molecule has 1 N–H and O–H groups in total. The highest BCUT2D eigenvalue weighted by molar-refractivity contribution is 7.73. The van der Waals surface area contributed by atoms with Crippen molar-refractivity contribution in [1.29, 1.82) is 0 Å². The Balaban J connectivity index is 1.80. The predicted molar refractivity (Wildman–Crippen MR) is 102 cm³/mol. The molecule has 128 valence electrons. The Hall–Kier alpha value is -2.05. The zero-order chi connectivity index (χ0) is 17.6. The molecule has 0 atom stereocenters. The first-order valence-electron chi connectivity index (χ1n) is 8.40. The van der Waals surface area contributed by atoms with E-state index in [4.69, 9.17) is 12.2 Å². The molecule has 6 heteroatoms. The van der Waals surface area contributed by atoms with Crippen LogP contribution in [0.1, 0.15) is 42.2 Å². The number of aromatic hydroxyl groups is 1. The minimum atomic E-state index is -0.289. The summed E-state index contributed by atoms with van der Waals surface area (Å²) in [5.41, 5.74) is 1.59. The highest BCUT2D eigenvalue weighted by Gasteiger charge is 2.23. The summed E-state index contributed by atoms with van der Waals surface area (Å²) in [6, 6.07) is 6.07. The van der Waals surface area contributed by atoms with Gasteiger partial charge in [0.1, 0.15) is 0 Å². The first-order valence-corrected chi connectivity index (χ1v) is 9.63. The van der Waals surface area contributed by atoms with Gasteiger partial charge in [-0.25, -0.2) is 4.99 Å². The summed E-state index contributed by atoms with van der Waals surface area (Å²) in [6.07, 6.45) is 7.96. The van der Waals surface area contributed by atoms with Crippen LogP contribution in [0.5, 0.6) is 5.88 Å². The summed E-state index contributed by atoms with van der Waals surface area (Å²) >= 11 is 6.79. The number of amides is 1. The molecule has 2 heterocycles. The molecule has 2 aliphatic rings. The first kappa shape index (κ1) is 16.4. The van der Waals surface area contributed by atoms with E-state index >= 15 is 0 Å². The van der Waals surface area contributed by atoms with E-state index in [-0.39, 0.29) is 17.8 Å². The second-order valence-corrected chi connectivity index (χ2v) is 8.26. The van der Waals surface area contributed by atoms with Crippen LogP contribution in [0.25, 0.3) is 12.2 Å². The smallest absolute Gasteiger partial charge is 0.277 e. The van der Waals surface area contributed by atoms with Crippen LogP contribution in [-0.2, 0) is 4.79 Å². The molecule has 1 aromatic carbocycles. The Morgan fingerprint density at radius 1 is 1.36 bits per heavy atom. The number of hydrogen-bond donors (Lipinski definition) is 1. The highest BCUT2D eigenvalue weighted by atomic mass is 32.1. The van der Waals surface area contributed by atoms with Crippen LogP contribution in [0.3, 0.4) is 0 Å². The van der Waals surface area contributed by atoms with Crippen LogP contribution in [-0.4, -0.2) is 15.6 Å². The van der Waals surface area contributed by atoms with E-state index in [0.717, 1.165) is 23.6 Å². The normalized spacial score (nSPS) is 18.9. The lowest BCUT2D eigenvalue weighted by atomic mass is 10.1. The zero-order valence-corrected chi connectivity index (χ0v) is 15.5. The summed E-state index contributed by atoms with van der Waals surface area (Å²) in [6.45, 7) is 2.01. The fourth-order valence-corrected chi connectivity index (χ4v) is 4.91. The van der Waals surface area contributed by atoms with Gasteiger partial charge in [0.2, 0.25) is 5.88 Å². The average Bonchev–Trinajstić information content (AvgIpc) is 3.17. The van der Waals surface area contributed by atoms with Crippen molar-refractivity contribution in [2.75, 3.05) is 0 Å². The minimum Gasteiger partial charge on any atom is -0.493 e. The molecule has 1 amide bonds. The number of aromatic nitrogens is 1. The lowest BCUT2D eigenvalue weighted by molar-refractivity contribution is -0.114. The summed E-state index contributed by atoms with van der Waals surface area (Å²) in [5, 5.41) is 12.2. The van der Waals surface area contributed by atoms with Crippen molar-refractivity contribution >= 4 is 41.6 Å². The Bertz CT molecular complexity index is 1070. The SMILES string of the molecule is Cc1ccc2c(c1)=C/C(=C/c1sc(=S)n(C3CCCC3)c1O)C(=O)N=2. The number of rotatable bonds is 2. The quantitative estimate of drug-likeness (QED) is 0.651. The van der Waals surface area contributed by atoms with E-state index in [1.165, 1.54) is 24.2 Å². The number of fused-ring (bicyclic) bond motifs is 1. The molecule has 1 fully saturated rings. The van der Waals surface area contributed by atoms with Gasteiger partial charge < -0.3 is 5.11 Å². The lowest BCUT2D eigenvalue weighted by Gasteiger charge is -2.12. The second kappa shape index (κ2) is 6.35. The molecule has 4 nitrogen and oxygen atoms in total. The Labute approximate surface area is 154 Å². The van der Waals surface area contributed by atoms with Crippen molar-refractivity contribution in [2.24, 2.45) is 4.99 Å². The maximum absolute atomic E-state index is 12.3. The van der Waals surface area contributed by atoms with Gasteiger partial charge in [0.25, 0.3) is 5.91 Å². The fraction of sp³-hybridized carbons (Fsp3) is 0.316. The number of aryl methyl sites for hydroxylation is 1. The van der Waals surface area contributed by atoms with E-state index in [1.54, 1.807) is 6.08 Å². The number of thiazole rings is 1. The van der Waals surface area contributed by atoms with Gasteiger partial charge in [-0.05, 0) is 56.3 Å². The molecule has 4 rings (SSSR count). The van der Waals surface area contributed by atoms with E-state index in [2.05, 4.69) is 4.99 Å². The van der Waals surface area contributed by atoms with Gasteiger partial charge in [-0.3, -0.25) is 9.36 Å². The third kappa shape index (κ3) is 3.00. The van der Waals surface area contributed by atoms with Crippen LogP contribution in [0.15, 0.2) is 28.8 Å². The van der Waals surface area contributed by atoms with Gasteiger partial charge >= 0.3 is 0 Å². The minimum absolute atomic E-state index is 0.172. The van der Waals surface area contributed by atoms with E-state index in [0.29, 0.717) is 19.8 Å². The van der Waals surface area contributed by atoms with Crippen molar-refractivity contribution in [3.05, 3.63) is 48.7 Å². The summed E-state index contributed by atoms with van der Waals surface area (Å²) in [7, 11) is 0. The standard InChI is InChI=1S/C19H18N2O2S2/c1-11-6-7-15-12(8-11)9-13(17(22)20-15)10-16-18(23)21(19(24)25-16)14-4-2-3-5-14/h6-10,14,23H,2-5H2,1H3/b13-10-. The number of nitrogens with zero attached hydrogens (tertiary/aromatic N) is 2. The van der Waals surface area contributed by atoms with Gasteiger partial charge in [-0.15, -0.1) is 11.3 Å². The molecule has 0 spiro atoms. The molecule has 2 aromatic rings. The fourth-order valence-electron chi connectivity index (χ4n) is 3.51. The van der Waals surface area contributed by atoms with Crippen LogP contribution in [0, 0.1) is 10.9 Å². The van der Waals surface area contributed by atoms with Crippen molar-refractivity contribution < 1.29 is 9.90 Å². The van der Waals surface area contributed by atoms with Gasteiger partial charge in [0.05, 0.1) is 10.2 Å². The van der Waals surface area contributed by atoms with Crippen molar-refractivity contribution in [2.45, 2.75) is 38.6 Å². The third-order valence-corrected chi connectivity index (χ3v) is 6.12. The number of benzene rings is 1. The molecular weight excluding hydrogens is 352 g/mol. The topological polar surface area (TPSA) is 54.6 Å². The molecule has 0 radical (unpaired) electrons. The van der Waals surface area contributed by atoms with Crippen molar-refractivity contribution in [3.63, 3.8) is 0 Å². The van der Waals surface area contributed by atoms with Crippen molar-refractivity contribution in [3.8, 4) is 5.88 Å². The Kier molecular flexibility index (Phi) is 4.17. The lowest BCUT2D eigenvalue weighted by Crippen LogP contribution is -2.30. The Morgan fingerprint density at radius 3 is 2.88 bits per heavy atom. The highest BCUT2D eigenvalue weighted by Crippen LogP contribution is 2.38. The second-order valence-electron chi connectivity index (χ2n) is 6.59. The molecule has 25 heavy (non-hydrogen) atoms. The summed E-state index contributed by atoms with van der Waals surface area (Å²) in [5.74, 6) is -0.117.